The van der Waals surface area contributed by atoms with Crippen LogP contribution in [0.5, 0.6) is 0 Å². The SMILES string of the molecule is CC(C)(C)OC(=O)CCCCC(NC(=O)CN)C(=O)OC(C)(C)C. The minimum absolute atomic E-state index is 0.197. The maximum absolute atomic E-state index is 12.2. The minimum atomic E-state index is -0.765. The number of carbonyl (C=O) groups excluding carboxylic acids is 3. The number of hydrogen-bond donors (Lipinski definition) is 2. The zero-order valence-electron chi connectivity index (χ0n) is 15.7. The van der Waals surface area contributed by atoms with Crippen LogP contribution in [0.4, 0.5) is 0 Å². The van der Waals surface area contributed by atoms with Crippen LogP contribution in [-0.2, 0) is 23.9 Å². The van der Waals surface area contributed by atoms with Gasteiger partial charge in [-0.15, -0.1) is 0 Å². The monoisotopic (exact) mass is 344 g/mol. The van der Waals surface area contributed by atoms with Gasteiger partial charge in [0.1, 0.15) is 17.2 Å². The fourth-order valence-electron chi connectivity index (χ4n) is 1.89. The third kappa shape index (κ3) is 11.9. The molecular weight excluding hydrogens is 312 g/mol. The molecule has 0 saturated carbocycles. The molecule has 1 amide bonds. The van der Waals surface area contributed by atoms with Crippen molar-refractivity contribution in [3.05, 3.63) is 0 Å². The van der Waals surface area contributed by atoms with Gasteiger partial charge in [0.25, 0.3) is 0 Å². The van der Waals surface area contributed by atoms with Crippen molar-refractivity contribution in [1.29, 1.82) is 0 Å². The Labute approximate surface area is 144 Å². The van der Waals surface area contributed by atoms with Crippen molar-refractivity contribution >= 4 is 17.8 Å². The zero-order valence-corrected chi connectivity index (χ0v) is 15.7. The molecule has 0 fully saturated rings. The Bertz CT molecular complexity index is 435. The first-order chi connectivity index (χ1) is 10.8. The van der Waals surface area contributed by atoms with Gasteiger partial charge in [0, 0.05) is 6.42 Å². The first kappa shape index (κ1) is 22.4. The zero-order chi connectivity index (χ0) is 19.0. The first-order valence-electron chi connectivity index (χ1n) is 8.28. The van der Waals surface area contributed by atoms with E-state index >= 15 is 0 Å². The molecule has 7 heteroatoms. The molecule has 0 saturated heterocycles. The molecule has 1 atom stereocenters. The van der Waals surface area contributed by atoms with Crippen LogP contribution in [0.3, 0.4) is 0 Å². The molecule has 0 aliphatic heterocycles. The highest BCUT2D eigenvalue weighted by atomic mass is 16.6. The lowest BCUT2D eigenvalue weighted by Gasteiger charge is -2.24. The summed E-state index contributed by atoms with van der Waals surface area (Å²) < 4.78 is 10.5. The predicted molar refractivity (Wildman–Crippen MR) is 91.1 cm³/mol. The van der Waals surface area contributed by atoms with Crippen LogP contribution in [0.15, 0.2) is 0 Å². The number of rotatable bonds is 8. The quantitative estimate of drug-likeness (QED) is 0.512. The lowest BCUT2D eigenvalue weighted by atomic mass is 10.1. The Morgan fingerprint density at radius 3 is 1.96 bits per heavy atom. The normalized spacial score (nSPS) is 13.1. The molecule has 0 aromatic heterocycles. The van der Waals surface area contributed by atoms with E-state index in [0.717, 1.165) is 0 Å². The van der Waals surface area contributed by atoms with Crippen molar-refractivity contribution in [2.75, 3.05) is 6.54 Å². The largest absolute Gasteiger partial charge is 0.460 e. The number of amides is 1. The molecule has 0 heterocycles. The molecule has 0 aromatic carbocycles. The maximum Gasteiger partial charge on any atom is 0.329 e. The van der Waals surface area contributed by atoms with Crippen LogP contribution in [0.2, 0.25) is 0 Å². The summed E-state index contributed by atoms with van der Waals surface area (Å²) in [5, 5.41) is 2.56. The highest BCUT2D eigenvalue weighted by Gasteiger charge is 2.26. The average molecular weight is 344 g/mol. The van der Waals surface area contributed by atoms with E-state index in [2.05, 4.69) is 5.32 Å². The van der Waals surface area contributed by atoms with Gasteiger partial charge in [-0.2, -0.15) is 0 Å². The van der Waals surface area contributed by atoms with E-state index in [1.807, 2.05) is 20.8 Å². The molecule has 140 valence electrons. The van der Waals surface area contributed by atoms with E-state index < -0.39 is 29.1 Å². The van der Waals surface area contributed by atoms with Gasteiger partial charge < -0.3 is 20.5 Å². The van der Waals surface area contributed by atoms with Crippen molar-refractivity contribution in [2.24, 2.45) is 5.73 Å². The average Bonchev–Trinajstić information content (AvgIpc) is 2.37. The van der Waals surface area contributed by atoms with Gasteiger partial charge in [-0.1, -0.05) is 6.42 Å². The Kier molecular flexibility index (Phi) is 8.96. The van der Waals surface area contributed by atoms with Crippen LogP contribution in [0.25, 0.3) is 0 Å². The summed E-state index contributed by atoms with van der Waals surface area (Å²) in [5.74, 6) is -1.19. The topological polar surface area (TPSA) is 108 Å². The summed E-state index contributed by atoms with van der Waals surface area (Å²) in [6.07, 6.45) is 1.79. The summed E-state index contributed by atoms with van der Waals surface area (Å²) in [6.45, 7) is 10.5. The summed E-state index contributed by atoms with van der Waals surface area (Å²) in [6, 6.07) is -0.765. The molecule has 0 radical (unpaired) electrons. The molecule has 0 spiro atoms. The van der Waals surface area contributed by atoms with Crippen LogP contribution in [0.1, 0.15) is 67.2 Å². The number of unbranched alkanes of at least 4 members (excludes halogenated alkanes) is 1. The Balaban J connectivity index is 4.44. The van der Waals surface area contributed by atoms with Gasteiger partial charge in [0.05, 0.1) is 6.54 Å². The highest BCUT2D eigenvalue weighted by Crippen LogP contribution is 2.14. The summed E-state index contributed by atoms with van der Waals surface area (Å²) in [4.78, 5) is 35.3. The molecular formula is C17H32N2O5. The van der Waals surface area contributed by atoms with E-state index in [0.29, 0.717) is 19.3 Å². The van der Waals surface area contributed by atoms with E-state index in [-0.39, 0.29) is 18.9 Å². The van der Waals surface area contributed by atoms with Crippen molar-refractivity contribution in [2.45, 2.75) is 84.5 Å². The molecule has 24 heavy (non-hydrogen) atoms. The number of nitrogens with one attached hydrogen (secondary N) is 1. The lowest BCUT2D eigenvalue weighted by molar-refractivity contribution is -0.158. The number of nitrogens with two attached hydrogens (primary N) is 1. The number of ether oxygens (including phenoxy) is 2. The Morgan fingerprint density at radius 1 is 0.958 bits per heavy atom. The minimum Gasteiger partial charge on any atom is -0.460 e. The van der Waals surface area contributed by atoms with Gasteiger partial charge in [-0.25, -0.2) is 4.79 Å². The van der Waals surface area contributed by atoms with Gasteiger partial charge in [0.2, 0.25) is 5.91 Å². The molecule has 3 N–H and O–H groups in total. The predicted octanol–water partition coefficient (Wildman–Crippen LogP) is 1.67. The van der Waals surface area contributed by atoms with Crippen LogP contribution >= 0.6 is 0 Å². The van der Waals surface area contributed by atoms with E-state index in [1.165, 1.54) is 0 Å². The lowest BCUT2D eigenvalue weighted by Crippen LogP contribution is -2.46. The van der Waals surface area contributed by atoms with Gasteiger partial charge in [-0.3, -0.25) is 9.59 Å². The molecule has 0 aliphatic rings. The van der Waals surface area contributed by atoms with Crippen molar-refractivity contribution in [3.63, 3.8) is 0 Å². The fourth-order valence-corrected chi connectivity index (χ4v) is 1.89. The second kappa shape index (κ2) is 9.61. The number of esters is 2. The van der Waals surface area contributed by atoms with E-state index in [4.69, 9.17) is 15.2 Å². The standard InChI is InChI=1S/C17H32N2O5/c1-16(2,3)23-14(21)10-8-7-9-12(19-13(20)11-18)15(22)24-17(4,5)6/h12H,7-11,18H2,1-6H3,(H,19,20). The number of carbonyl (C=O) groups is 3. The Hall–Kier alpha value is -1.63. The maximum atomic E-state index is 12.2. The third-order valence-electron chi connectivity index (χ3n) is 2.76. The highest BCUT2D eigenvalue weighted by molar-refractivity contribution is 5.85. The Morgan fingerprint density at radius 2 is 1.50 bits per heavy atom. The molecule has 7 nitrogen and oxygen atoms in total. The molecule has 0 aromatic rings. The van der Waals surface area contributed by atoms with E-state index in [9.17, 15) is 14.4 Å². The van der Waals surface area contributed by atoms with Crippen molar-refractivity contribution in [3.8, 4) is 0 Å². The molecule has 0 rings (SSSR count). The van der Waals surface area contributed by atoms with Gasteiger partial charge in [-0.05, 0) is 54.4 Å². The molecule has 0 bridgehead atoms. The van der Waals surface area contributed by atoms with Crippen molar-refractivity contribution < 1.29 is 23.9 Å². The first-order valence-corrected chi connectivity index (χ1v) is 8.28. The van der Waals surface area contributed by atoms with E-state index in [1.54, 1.807) is 20.8 Å². The van der Waals surface area contributed by atoms with Crippen molar-refractivity contribution in [1.82, 2.24) is 5.32 Å². The second-order valence-electron chi connectivity index (χ2n) is 7.69. The van der Waals surface area contributed by atoms with Crippen LogP contribution in [-0.4, -0.2) is 41.6 Å². The second-order valence-corrected chi connectivity index (χ2v) is 7.69. The van der Waals surface area contributed by atoms with Crippen LogP contribution in [0, 0.1) is 0 Å². The third-order valence-corrected chi connectivity index (χ3v) is 2.76. The summed E-state index contributed by atoms with van der Waals surface area (Å²) in [5.41, 5.74) is 4.13. The molecule has 1 unspecified atom stereocenters. The number of hydrogen-bond acceptors (Lipinski definition) is 6. The summed E-state index contributed by atoms with van der Waals surface area (Å²) >= 11 is 0. The molecule has 0 aliphatic carbocycles. The van der Waals surface area contributed by atoms with Crippen LogP contribution < -0.4 is 11.1 Å². The smallest absolute Gasteiger partial charge is 0.329 e. The van der Waals surface area contributed by atoms with Gasteiger partial charge in [0.15, 0.2) is 0 Å². The summed E-state index contributed by atoms with van der Waals surface area (Å²) in [7, 11) is 0. The fraction of sp³-hybridized carbons (Fsp3) is 0.824. The van der Waals surface area contributed by atoms with Gasteiger partial charge >= 0.3 is 11.9 Å².